The Bertz CT molecular complexity index is 1180. The first-order chi connectivity index (χ1) is 15.1. The molecule has 3 rings (SSSR count). The molecular weight excluding hydrogens is 453 g/mol. The molecule has 1 aromatic heterocycles. The lowest BCUT2D eigenvalue weighted by Crippen LogP contribution is -2.29. The average Bonchev–Trinajstić information content (AvgIpc) is 3.21. The van der Waals surface area contributed by atoms with Crippen LogP contribution in [0, 0.1) is 0 Å². The van der Waals surface area contributed by atoms with E-state index < -0.39 is 15.5 Å². The van der Waals surface area contributed by atoms with Gasteiger partial charge in [0, 0.05) is 30.5 Å². The fourth-order valence-electron chi connectivity index (χ4n) is 2.51. The summed E-state index contributed by atoms with van der Waals surface area (Å²) < 4.78 is 70.8. The molecule has 170 valence electrons. The van der Waals surface area contributed by atoms with Crippen LogP contribution in [0.1, 0.15) is 21.8 Å². The Hall–Kier alpha value is -3.45. The Morgan fingerprint density at radius 1 is 1.09 bits per heavy atom. The van der Waals surface area contributed by atoms with E-state index in [1.54, 1.807) is 24.3 Å². The smallest absolute Gasteiger partial charge is 0.375 e. The van der Waals surface area contributed by atoms with Gasteiger partial charge < -0.3 is 14.6 Å². The fraction of sp³-hybridized carbons (Fsp3) is 0.211. The molecule has 1 heterocycles. The number of hydrogen-bond acceptors (Lipinski definition) is 7. The molecule has 2 aromatic carbocycles. The van der Waals surface area contributed by atoms with Crippen LogP contribution in [-0.2, 0) is 27.9 Å². The zero-order valence-electron chi connectivity index (χ0n) is 16.5. The maximum absolute atomic E-state index is 12.4. The number of nitrogens with zero attached hydrogens (tertiary/aromatic N) is 2. The topological polar surface area (TPSA) is 123 Å². The van der Waals surface area contributed by atoms with Gasteiger partial charge in [0.25, 0.3) is 11.8 Å². The third-order valence-electron chi connectivity index (χ3n) is 4.11. The number of halogens is 3. The van der Waals surface area contributed by atoms with Crippen LogP contribution in [-0.4, -0.2) is 37.1 Å². The lowest BCUT2D eigenvalue weighted by molar-refractivity contribution is -0.0429. The van der Waals surface area contributed by atoms with Crippen LogP contribution in [0.3, 0.4) is 0 Å². The van der Waals surface area contributed by atoms with E-state index >= 15 is 0 Å². The van der Waals surface area contributed by atoms with Crippen LogP contribution in [0.4, 0.5) is 18.9 Å². The van der Waals surface area contributed by atoms with E-state index in [0.29, 0.717) is 28.4 Å². The average molecular weight is 470 g/mol. The van der Waals surface area contributed by atoms with E-state index in [-0.39, 0.29) is 24.7 Å². The van der Waals surface area contributed by atoms with Gasteiger partial charge in [0.05, 0.1) is 0 Å². The van der Waals surface area contributed by atoms with Crippen LogP contribution in [0.2, 0.25) is 0 Å². The molecule has 13 heteroatoms. The van der Waals surface area contributed by atoms with Gasteiger partial charge in [-0.15, -0.1) is 0 Å². The molecular formula is C19H17F3N4O5S. The molecule has 0 fully saturated rings. The van der Waals surface area contributed by atoms with Crippen LogP contribution >= 0.6 is 0 Å². The number of methoxy groups -OCH3 is 1. The first-order valence-electron chi connectivity index (χ1n) is 8.97. The summed E-state index contributed by atoms with van der Waals surface area (Å²) in [5, 5.41) is 6.49. The SMILES string of the molecule is COCc1nc(-c2ccc(C(=O)NCc3ccc(NS(=O)(=O)C(F)(F)F)cc3)cc2)no1. The van der Waals surface area contributed by atoms with Gasteiger partial charge in [0.1, 0.15) is 6.61 Å². The van der Waals surface area contributed by atoms with E-state index in [1.807, 2.05) is 0 Å². The Balaban J connectivity index is 1.57. The zero-order valence-corrected chi connectivity index (χ0v) is 17.3. The first kappa shape index (κ1) is 23.2. The highest BCUT2D eigenvalue weighted by Gasteiger charge is 2.46. The highest BCUT2D eigenvalue weighted by molar-refractivity contribution is 7.93. The summed E-state index contributed by atoms with van der Waals surface area (Å²) >= 11 is 0. The number of rotatable bonds is 8. The molecule has 0 radical (unpaired) electrons. The number of hydrogen-bond donors (Lipinski definition) is 2. The molecule has 0 aliphatic heterocycles. The summed E-state index contributed by atoms with van der Waals surface area (Å²) in [6, 6.07) is 11.6. The maximum Gasteiger partial charge on any atom is 0.516 e. The van der Waals surface area contributed by atoms with Gasteiger partial charge >= 0.3 is 15.5 Å². The Morgan fingerprint density at radius 3 is 2.34 bits per heavy atom. The number of alkyl halides is 3. The number of anilines is 1. The van der Waals surface area contributed by atoms with E-state index in [1.165, 1.54) is 36.1 Å². The largest absolute Gasteiger partial charge is 0.516 e. The predicted molar refractivity (Wildman–Crippen MR) is 107 cm³/mol. The van der Waals surface area contributed by atoms with Crippen LogP contribution in [0.5, 0.6) is 0 Å². The molecule has 0 bridgehead atoms. The Labute approximate surface area is 180 Å². The number of carbonyl (C=O) groups excluding carboxylic acids is 1. The second-order valence-corrected chi connectivity index (χ2v) is 8.13. The van der Waals surface area contributed by atoms with Crippen molar-refractivity contribution in [1.82, 2.24) is 15.5 Å². The quantitative estimate of drug-likeness (QED) is 0.519. The molecule has 9 nitrogen and oxygen atoms in total. The molecule has 32 heavy (non-hydrogen) atoms. The molecule has 0 saturated heterocycles. The summed E-state index contributed by atoms with van der Waals surface area (Å²) in [6.45, 7) is 0.265. The molecule has 2 N–H and O–H groups in total. The van der Waals surface area contributed by atoms with E-state index in [2.05, 4.69) is 15.5 Å². The standard InChI is InChI=1S/C19H17F3N4O5S/c1-30-11-16-24-17(25-31-16)13-4-6-14(7-5-13)18(27)23-10-12-2-8-15(9-3-12)26-32(28,29)19(20,21)22/h2-9,26H,10-11H2,1H3,(H,23,27). The van der Waals surface area contributed by atoms with Gasteiger partial charge in [-0.1, -0.05) is 29.4 Å². The van der Waals surface area contributed by atoms with E-state index in [4.69, 9.17) is 9.26 Å². The van der Waals surface area contributed by atoms with Crippen molar-refractivity contribution in [2.45, 2.75) is 18.7 Å². The highest BCUT2D eigenvalue weighted by Crippen LogP contribution is 2.25. The van der Waals surface area contributed by atoms with Crippen molar-refractivity contribution in [2.75, 3.05) is 11.8 Å². The van der Waals surface area contributed by atoms with E-state index in [0.717, 1.165) is 0 Å². The molecule has 1 amide bonds. The van der Waals surface area contributed by atoms with Crippen molar-refractivity contribution in [3.05, 3.63) is 65.5 Å². The minimum Gasteiger partial charge on any atom is -0.375 e. The molecule has 3 aromatic rings. The minimum absolute atomic E-state index is 0.0815. The number of sulfonamides is 1. The molecule has 0 aliphatic rings. The summed E-state index contributed by atoms with van der Waals surface area (Å²) in [5.41, 5.74) is -4.09. The Kier molecular flexibility index (Phi) is 6.79. The van der Waals surface area contributed by atoms with Gasteiger partial charge in [-0.3, -0.25) is 9.52 Å². The molecule has 0 aliphatic carbocycles. The maximum atomic E-state index is 12.4. The number of nitrogens with one attached hydrogen (secondary N) is 2. The van der Waals surface area contributed by atoms with Crippen LogP contribution in [0.25, 0.3) is 11.4 Å². The van der Waals surface area contributed by atoms with Gasteiger partial charge in [0.2, 0.25) is 5.82 Å². The Morgan fingerprint density at radius 2 is 1.75 bits per heavy atom. The number of ether oxygens (including phenoxy) is 1. The molecule has 0 saturated carbocycles. The summed E-state index contributed by atoms with van der Waals surface area (Å²) in [6.07, 6.45) is 0. The molecule has 0 spiro atoms. The van der Waals surface area contributed by atoms with Crippen molar-refractivity contribution < 1.29 is 35.6 Å². The lowest BCUT2D eigenvalue weighted by Gasteiger charge is -2.11. The van der Waals surface area contributed by atoms with Crippen molar-refractivity contribution in [2.24, 2.45) is 0 Å². The zero-order chi connectivity index (χ0) is 23.4. The number of amides is 1. The van der Waals surface area contributed by atoms with Crippen molar-refractivity contribution in [1.29, 1.82) is 0 Å². The highest BCUT2D eigenvalue weighted by atomic mass is 32.2. The van der Waals surface area contributed by atoms with Crippen molar-refractivity contribution >= 4 is 21.6 Å². The molecule has 0 atom stereocenters. The van der Waals surface area contributed by atoms with Gasteiger partial charge in [0.15, 0.2) is 0 Å². The number of aromatic nitrogens is 2. The third kappa shape index (κ3) is 5.62. The lowest BCUT2D eigenvalue weighted by atomic mass is 10.1. The number of benzene rings is 2. The summed E-state index contributed by atoms with van der Waals surface area (Å²) in [7, 11) is -3.99. The minimum atomic E-state index is -5.49. The second-order valence-electron chi connectivity index (χ2n) is 6.45. The second kappa shape index (κ2) is 9.36. The van der Waals surface area contributed by atoms with Crippen LogP contribution < -0.4 is 10.0 Å². The van der Waals surface area contributed by atoms with Gasteiger partial charge in [-0.25, -0.2) is 0 Å². The predicted octanol–water partition coefficient (Wildman–Crippen LogP) is 3.07. The fourth-order valence-corrected chi connectivity index (χ4v) is 3.08. The van der Waals surface area contributed by atoms with Crippen molar-refractivity contribution in [3.63, 3.8) is 0 Å². The van der Waals surface area contributed by atoms with Crippen molar-refractivity contribution in [3.8, 4) is 11.4 Å². The monoisotopic (exact) mass is 470 g/mol. The first-order valence-corrected chi connectivity index (χ1v) is 10.5. The van der Waals surface area contributed by atoms with Gasteiger partial charge in [-0.2, -0.15) is 26.6 Å². The van der Waals surface area contributed by atoms with E-state index in [9.17, 15) is 26.4 Å². The summed E-state index contributed by atoms with van der Waals surface area (Å²) in [4.78, 5) is 16.5. The molecule has 0 unspecified atom stereocenters. The summed E-state index contributed by atoms with van der Waals surface area (Å²) in [5.74, 6) is 0.290. The normalized spacial score (nSPS) is 11.9. The third-order valence-corrected chi connectivity index (χ3v) is 5.22. The van der Waals surface area contributed by atoms with Crippen LogP contribution in [0.15, 0.2) is 53.1 Å². The number of carbonyl (C=O) groups is 1. The van der Waals surface area contributed by atoms with Gasteiger partial charge in [-0.05, 0) is 29.8 Å².